The monoisotopic (exact) mass is 279 g/mol. The molecule has 20 heavy (non-hydrogen) atoms. The number of carboxylic acids is 1. The molecular formula is C14H17NO5. The van der Waals surface area contributed by atoms with Crippen molar-refractivity contribution >= 4 is 11.9 Å². The van der Waals surface area contributed by atoms with Crippen LogP contribution in [-0.2, 0) is 4.79 Å². The van der Waals surface area contributed by atoms with Gasteiger partial charge >= 0.3 is 5.97 Å². The molecule has 108 valence electrons. The van der Waals surface area contributed by atoms with E-state index in [0.717, 1.165) is 0 Å². The van der Waals surface area contributed by atoms with Crippen molar-refractivity contribution in [2.24, 2.45) is 5.92 Å². The fourth-order valence-corrected chi connectivity index (χ4v) is 2.42. The zero-order valence-corrected chi connectivity index (χ0v) is 10.9. The van der Waals surface area contributed by atoms with Gasteiger partial charge in [0.05, 0.1) is 5.92 Å². The van der Waals surface area contributed by atoms with Gasteiger partial charge in [-0.2, -0.15) is 0 Å². The van der Waals surface area contributed by atoms with Crippen molar-refractivity contribution in [2.45, 2.75) is 31.7 Å². The molecule has 4 N–H and O–H groups in total. The number of amides is 1. The number of rotatable bonds is 3. The smallest absolute Gasteiger partial charge is 0.306 e. The quantitative estimate of drug-likeness (QED) is 0.627. The maximum absolute atomic E-state index is 12.0. The Balaban J connectivity index is 1.92. The number of carbonyl (C=O) groups is 2. The highest BCUT2D eigenvalue weighted by Crippen LogP contribution is 2.26. The fraction of sp³-hybridized carbons (Fsp3) is 0.429. The van der Waals surface area contributed by atoms with Gasteiger partial charge in [-0.1, -0.05) is 0 Å². The van der Waals surface area contributed by atoms with E-state index in [1.165, 1.54) is 18.2 Å². The molecule has 0 aromatic heterocycles. The Kier molecular flexibility index (Phi) is 4.12. The summed E-state index contributed by atoms with van der Waals surface area (Å²) in [4.78, 5) is 22.8. The van der Waals surface area contributed by atoms with Crippen LogP contribution in [0.2, 0.25) is 0 Å². The molecule has 6 nitrogen and oxygen atoms in total. The van der Waals surface area contributed by atoms with Crippen LogP contribution in [0.25, 0.3) is 0 Å². The summed E-state index contributed by atoms with van der Waals surface area (Å²) in [6.45, 7) is 0. The van der Waals surface area contributed by atoms with Gasteiger partial charge in [0.25, 0.3) is 5.91 Å². The van der Waals surface area contributed by atoms with E-state index in [-0.39, 0.29) is 34.9 Å². The molecule has 1 aromatic carbocycles. The molecule has 6 heteroatoms. The Morgan fingerprint density at radius 2 is 1.70 bits per heavy atom. The third-order valence-corrected chi connectivity index (χ3v) is 3.65. The normalized spacial score (nSPS) is 22.2. The molecule has 0 saturated heterocycles. The average Bonchev–Trinajstić information content (AvgIpc) is 2.42. The molecule has 1 aromatic rings. The summed E-state index contributed by atoms with van der Waals surface area (Å²) >= 11 is 0. The van der Waals surface area contributed by atoms with Gasteiger partial charge in [-0.25, -0.2) is 0 Å². The average molecular weight is 279 g/mol. The standard InChI is InChI=1S/C14H17NO5/c16-11-6-3-9(7-12(11)17)13(18)15-10-4-1-8(2-5-10)14(19)20/h3,6-8,10,16-17H,1-2,4-5H2,(H,15,18)(H,19,20). The molecule has 0 unspecified atom stereocenters. The second kappa shape index (κ2) is 5.81. The van der Waals surface area contributed by atoms with E-state index in [2.05, 4.69) is 5.32 Å². The number of phenols is 2. The summed E-state index contributed by atoms with van der Waals surface area (Å²) in [5, 5.41) is 30.3. The van der Waals surface area contributed by atoms with Crippen molar-refractivity contribution in [1.82, 2.24) is 5.32 Å². The van der Waals surface area contributed by atoms with Crippen molar-refractivity contribution < 1.29 is 24.9 Å². The van der Waals surface area contributed by atoms with Crippen LogP contribution < -0.4 is 5.32 Å². The van der Waals surface area contributed by atoms with E-state index >= 15 is 0 Å². The number of carbonyl (C=O) groups excluding carboxylic acids is 1. The third kappa shape index (κ3) is 3.20. The molecule has 1 amide bonds. The Labute approximate surface area is 116 Å². The van der Waals surface area contributed by atoms with Crippen LogP contribution >= 0.6 is 0 Å². The molecular weight excluding hydrogens is 262 g/mol. The van der Waals surface area contributed by atoms with Gasteiger partial charge in [0, 0.05) is 11.6 Å². The Morgan fingerprint density at radius 3 is 2.25 bits per heavy atom. The number of hydrogen-bond donors (Lipinski definition) is 4. The number of benzene rings is 1. The van der Waals surface area contributed by atoms with Gasteiger partial charge in [-0.05, 0) is 43.9 Å². The summed E-state index contributed by atoms with van der Waals surface area (Å²) in [5.74, 6) is -2.05. The van der Waals surface area contributed by atoms with E-state index < -0.39 is 5.97 Å². The first-order valence-corrected chi connectivity index (χ1v) is 6.53. The largest absolute Gasteiger partial charge is 0.504 e. The first-order chi connectivity index (χ1) is 9.47. The van der Waals surface area contributed by atoms with Gasteiger partial charge in [0.1, 0.15) is 0 Å². The van der Waals surface area contributed by atoms with Gasteiger partial charge in [0.15, 0.2) is 11.5 Å². The SMILES string of the molecule is O=C(NC1CCC(C(=O)O)CC1)c1ccc(O)c(O)c1. The topological polar surface area (TPSA) is 107 Å². The van der Waals surface area contributed by atoms with E-state index in [1.54, 1.807) is 0 Å². The minimum atomic E-state index is -0.779. The fourth-order valence-electron chi connectivity index (χ4n) is 2.42. The number of phenolic OH excluding ortho intramolecular Hbond substituents is 2. The molecule has 1 fully saturated rings. The highest BCUT2D eigenvalue weighted by atomic mass is 16.4. The first kappa shape index (κ1) is 14.2. The van der Waals surface area contributed by atoms with Crippen LogP contribution in [0.15, 0.2) is 18.2 Å². The number of hydrogen-bond acceptors (Lipinski definition) is 4. The lowest BCUT2D eigenvalue weighted by Gasteiger charge is -2.26. The molecule has 2 rings (SSSR count). The zero-order chi connectivity index (χ0) is 14.7. The maximum atomic E-state index is 12.0. The predicted molar refractivity (Wildman–Crippen MR) is 70.6 cm³/mol. The van der Waals surface area contributed by atoms with E-state index in [1.807, 2.05) is 0 Å². The first-order valence-electron chi connectivity index (χ1n) is 6.53. The molecule has 0 bridgehead atoms. The number of nitrogens with one attached hydrogen (secondary N) is 1. The van der Waals surface area contributed by atoms with E-state index in [0.29, 0.717) is 25.7 Å². The lowest BCUT2D eigenvalue weighted by atomic mass is 9.86. The van der Waals surface area contributed by atoms with Crippen molar-refractivity contribution in [3.8, 4) is 11.5 Å². The van der Waals surface area contributed by atoms with Crippen LogP contribution in [0.1, 0.15) is 36.0 Å². The summed E-state index contributed by atoms with van der Waals surface area (Å²) in [6, 6.07) is 3.83. The molecule has 0 heterocycles. The molecule has 1 saturated carbocycles. The Hall–Kier alpha value is -2.24. The Bertz CT molecular complexity index is 520. The molecule has 0 radical (unpaired) electrons. The highest BCUT2D eigenvalue weighted by molar-refractivity contribution is 5.95. The molecule has 0 spiro atoms. The number of aromatic hydroxyl groups is 2. The summed E-state index contributed by atoms with van der Waals surface area (Å²) < 4.78 is 0. The molecule has 0 atom stereocenters. The summed E-state index contributed by atoms with van der Waals surface area (Å²) in [6.07, 6.45) is 2.38. The van der Waals surface area contributed by atoms with E-state index in [9.17, 15) is 19.8 Å². The third-order valence-electron chi connectivity index (χ3n) is 3.65. The van der Waals surface area contributed by atoms with Crippen LogP contribution in [0.5, 0.6) is 11.5 Å². The van der Waals surface area contributed by atoms with E-state index in [4.69, 9.17) is 5.11 Å². The highest BCUT2D eigenvalue weighted by Gasteiger charge is 2.26. The van der Waals surface area contributed by atoms with Gasteiger partial charge in [-0.3, -0.25) is 9.59 Å². The maximum Gasteiger partial charge on any atom is 0.306 e. The van der Waals surface area contributed by atoms with Crippen LogP contribution in [0, 0.1) is 5.92 Å². The van der Waals surface area contributed by atoms with Crippen LogP contribution in [-0.4, -0.2) is 33.2 Å². The predicted octanol–water partition coefficient (Wildman–Crippen LogP) is 1.47. The molecule has 1 aliphatic carbocycles. The minimum absolute atomic E-state index is 0.0472. The molecule has 1 aliphatic rings. The lowest BCUT2D eigenvalue weighted by molar-refractivity contribution is -0.142. The zero-order valence-electron chi connectivity index (χ0n) is 10.9. The molecule has 0 aliphatic heterocycles. The number of carboxylic acid groups (broad SMARTS) is 1. The number of aliphatic carboxylic acids is 1. The second-order valence-corrected chi connectivity index (χ2v) is 5.06. The lowest BCUT2D eigenvalue weighted by Crippen LogP contribution is -2.38. The van der Waals surface area contributed by atoms with Crippen molar-refractivity contribution in [3.05, 3.63) is 23.8 Å². The summed E-state index contributed by atoms with van der Waals surface area (Å²) in [7, 11) is 0. The van der Waals surface area contributed by atoms with Gasteiger partial charge in [0.2, 0.25) is 0 Å². The van der Waals surface area contributed by atoms with Gasteiger partial charge in [-0.15, -0.1) is 0 Å². The summed E-state index contributed by atoms with van der Waals surface area (Å²) in [5.41, 5.74) is 0.264. The Morgan fingerprint density at radius 1 is 1.05 bits per heavy atom. The second-order valence-electron chi connectivity index (χ2n) is 5.06. The van der Waals surface area contributed by atoms with Crippen LogP contribution in [0.4, 0.5) is 0 Å². The van der Waals surface area contributed by atoms with Crippen molar-refractivity contribution in [1.29, 1.82) is 0 Å². The minimum Gasteiger partial charge on any atom is -0.504 e. The van der Waals surface area contributed by atoms with Crippen molar-refractivity contribution in [2.75, 3.05) is 0 Å². The van der Waals surface area contributed by atoms with Crippen LogP contribution in [0.3, 0.4) is 0 Å². The van der Waals surface area contributed by atoms with Gasteiger partial charge < -0.3 is 20.6 Å². The van der Waals surface area contributed by atoms with Crippen molar-refractivity contribution in [3.63, 3.8) is 0 Å².